The molecule has 0 unspecified atom stereocenters. The van der Waals surface area contributed by atoms with Crippen molar-refractivity contribution in [3.63, 3.8) is 0 Å². The number of ether oxygens (including phenoxy) is 1. The molecule has 0 bridgehead atoms. The van der Waals surface area contributed by atoms with Crippen molar-refractivity contribution in [3.8, 4) is 5.75 Å². The Morgan fingerprint density at radius 1 is 1.09 bits per heavy atom. The van der Waals surface area contributed by atoms with E-state index in [-0.39, 0.29) is 17.5 Å². The van der Waals surface area contributed by atoms with Crippen LogP contribution in [0, 0.1) is 6.92 Å². The quantitative estimate of drug-likeness (QED) is 0.482. The summed E-state index contributed by atoms with van der Waals surface area (Å²) in [6.45, 7) is 7.08. The average molecular weight is 461 g/mol. The molecule has 0 radical (unpaired) electrons. The third kappa shape index (κ3) is 5.84. The van der Waals surface area contributed by atoms with Gasteiger partial charge in [0, 0.05) is 32.2 Å². The van der Waals surface area contributed by atoms with Gasteiger partial charge in [0.05, 0.1) is 6.61 Å². The van der Waals surface area contributed by atoms with Crippen molar-refractivity contribution < 1.29 is 14.3 Å². The Morgan fingerprint density at radius 3 is 2.68 bits per heavy atom. The molecule has 2 amide bonds. The zero-order valence-electron chi connectivity index (χ0n) is 19.9. The fourth-order valence-electron chi connectivity index (χ4n) is 4.04. The van der Waals surface area contributed by atoms with Crippen LogP contribution in [0.3, 0.4) is 0 Å². The highest BCUT2D eigenvalue weighted by molar-refractivity contribution is 5.98. The molecule has 178 valence electrons. The van der Waals surface area contributed by atoms with E-state index in [0.29, 0.717) is 38.5 Å². The summed E-state index contributed by atoms with van der Waals surface area (Å²) in [5, 5.41) is 7.33. The predicted molar refractivity (Wildman–Crippen MR) is 131 cm³/mol. The van der Waals surface area contributed by atoms with Crippen LogP contribution in [-0.4, -0.2) is 39.6 Å². The Balaban J connectivity index is 1.37. The van der Waals surface area contributed by atoms with E-state index in [4.69, 9.17) is 4.74 Å². The van der Waals surface area contributed by atoms with Crippen LogP contribution in [0.2, 0.25) is 0 Å². The van der Waals surface area contributed by atoms with Crippen LogP contribution in [-0.2, 0) is 19.6 Å². The molecule has 3 aromatic rings. The van der Waals surface area contributed by atoms with Crippen LogP contribution >= 0.6 is 0 Å². The number of benzene rings is 2. The molecular formula is C27H32N4O3. The Morgan fingerprint density at radius 2 is 1.91 bits per heavy atom. The molecule has 0 spiro atoms. The summed E-state index contributed by atoms with van der Waals surface area (Å²) >= 11 is 0. The van der Waals surface area contributed by atoms with Crippen molar-refractivity contribution in [1.29, 1.82) is 0 Å². The molecule has 7 nitrogen and oxygen atoms in total. The van der Waals surface area contributed by atoms with Gasteiger partial charge in [0.2, 0.25) is 0 Å². The molecule has 1 aromatic heterocycles. The summed E-state index contributed by atoms with van der Waals surface area (Å²) in [7, 11) is 0. The largest absolute Gasteiger partial charge is 0.494 e. The van der Waals surface area contributed by atoms with Crippen molar-refractivity contribution in [2.24, 2.45) is 0 Å². The van der Waals surface area contributed by atoms with E-state index in [1.165, 1.54) is 5.56 Å². The van der Waals surface area contributed by atoms with Gasteiger partial charge in [-0.2, -0.15) is 5.10 Å². The van der Waals surface area contributed by atoms with Gasteiger partial charge in [-0.3, -0.25) is 14.3 Å². The molecule has 0 saturated heterocycles. The van der Waals surface area contributed by atoms with Gasteiger partial charge in [0.1, 0.15) is 11.4 Å². The first-order valence-corrected chi connectivity index (χ1v) is 12.0. The van der Waals surface area contributed by atoms with Crippen LogP contribution in [0.25, 0.3) is 0 Å². The summed E-state index contributed by atoms with van der Waals surface area (Å²) in [5.41, 5.74) is 3.96. The Hall–Kier alpha value is -3.61. The normalized spacial score (nSPS) is 13.4. The molecule has 2 aromatic carbocycles. The van der Waals surface area contributed by atoms with Crippen molar-refractivity contribution in [1.82, 2.24) is 20.0 Å². The van der Waals surface area contributed by atoms with E-state index < -0.39 is 0 Å². The molecule has 0 atom stereocenters. The Kier molecular flexibility index (Phi) is 7.62. The summed E-state index contributed by atoms with van der Waals surface area (Å²) in [6, 6.07) is 17.5. The smallest absolute Gasteiger partial charge is 0.272 e. The predicted octanol–water partition coefficient (Wildman–Crippen LogP) is 4.35. The van der Waals surface area contributed by atoms with E-state index in [0.717, 1.165) is 36.1 Å². The third-order valence-corrected chi connectivity index (χ3v) is 5.92. The number of aromatic nitrogens is 2. The molecule has 0 aliphatic carbocycles. The topological polar surface area (TPSA) is 76.5 Å². The van der Waals surface area contributed by atoms with E-state index >= 15 is 0 Å². The fraction of sp³-hybridized carbons (Fsp3) is 0.370. The number of carbonyl (C=O) groups excluding carboxylic acids is 2. The van der Waals surface area contributed by atoms with Gasteiger partial charge >= 0.3 is 0 Å². The number of amides is 2. The van der Waals surface area contributed by atoms with Crippen LogP contribution in [0.5, 0.6) is 5.75 Å². The van der Waals surface area contributed by atoms with Crippen molar-refractivity contribution in [3.05, 3.63) is 82.7 Å². The first kappa shape index (κ1) is 23.5. The van der Waals surface area contributed by atoms with Gasteiger partial charge in [0.15, 0.2) is 5.69 Å². The number of nitrogens with one attached hydrogen (secondary N) is 1. The maximum Gasteiger partial charge on any atom is 0.272 e. The number of nitrogens with zero attached hydrogens (tertiary/aromatic N) is 3. The SMILES string of the molecule is CCCCOc1ccc(CNC(=O)c2cc3n(n2)CCCN(Cc2cccc(C)c2)C3=O)cc1. The minimum absolute atomic E-state index is 0.0933. The molecule has 34 heavy (non-hydrogen) atoms. The van der Waals surface area contributed by atoms with Crippen LogP contribution in [0.1, 0.15) is 63.9 Å². The zero-order valence-corrected chi connectivity index (χ0v) is 19.9. The van der Waals surface area contributed by atoms with Crippen molar-refractivity contribution in [2.75, 3.05) is 13.2 Å². The summed E-state index contributed by atoms with van der Waals surface area (Å²) in [5.74, 6) is 0.446. The van der Waals surface area contributed by atoms with Gasteiger partial charge in [0.25, 0.3) is 11.8 Å². The van der Waals surface area contributed by atoms with Crippen molar-refractivity contribution in [2.45, 2.75) is 52.7 Å². The van der Waals surface area contributed by atoms with Gasteiger partial charge in [-0.05, 0) is 43.0 Å². The van der Waals surface area contributed by atoms with Crippen LogP contribution in [0.4, 0.5) is 0 Å². The second-order valence-corrected chi connectivity index (χ2v) is 8.74. The summed E-state index contributed by atoms with van der Waals surface area (Å²) < 4.78 is 7.34. The standard InChI is InChI=1S/C27H32N4O3/c1-3-4-15-34-23-11-9-21(10-12-23)18-28-26(32)24-17-25-27(33)30(13-6-14-31(25)29-24)19-22-8-5-7-20(2)16-22/h5,7-12,16-17H,3-4,6,13-15,18-19H2,1-2H3,(H,28,32). The molecule has 1 aliphatic rings. The third-order valence-electron chi connectivity index (χ3n) is 5.92. The molecule has 0 fully saturated rings. The molecule has 1 aliphatic heterocycles. The molecule has 2 heterocycles. The van der Waals surface area contributed by atoms with Crippen molar-refractivity contribution >= 4 is 11.8 Å². The lowest BCUT2D eigenvalue weighted by atomic mass is 10.1. The van der Waals surface area contributed by atoms with E-state index in [9.17, 15) is 9.59 Å². The molecule has 7 heteroatoms. The lowest BCUT2D eigenvalue weighted by molar-refractivity contribution is 0.0745. The Labute approximate surface area is 200 Å². The number of unbranched alkanes of at least 4 members (excludes halogenated alkanes) is 1. The maximum atomic E-state index is 13.2. The first-order valence-electron chi connectivity index (χ1n) is 12.0. The number of rotatable bonds is 9. The number of hydrogen-bond acceptors (Lipinski definition) is 4. The highest BCUT2D eigenvalue weighted by Crippen LogP contribution is 2.18. The zero-order chi connectivity index (χ0) is 23.9. The number of aryl methyl sites for hydroxylation is 2. The fourth-order valence-corrected chi connectivity index (χ4v) is 4.04. The van der Waals surface area contributed by atoms with Crippen LogP contribution in [0.15, 0.2) is 54.6 Å². The number of carbonyl (C=O) groups is 2. The molecule has 0 saturated carbocycles. The van der Waals surface area contributed by atoms with Gasteiger partial charge < -0.3 is 15.0 Å². The molecule has 1 N–H and O–H groups in total. The van der Waals surface area contributed by atoms with E-state index in [1.54, 1.807) is 10.7 Å². The number of hydrogen-bond donors (Lipinski definition) is 1. The number of fused-ring (bicyclic) bond motifs is 1. The van der Waals surface area contributed by atoms with Crippen LogP contribution < -0.4 is 10.1 Å². The highest BCUT2D eigenvalue weighted by Gasteiger charge is 2.26. The molecular weight excluding hydrogens is 428 g/mol. The van der Waals surface area contributed by atoms with Gasteiger partial charge in [-0.25, -0.2) is 0 Å². The summed E-state index contributed by atoms with van der Waals surface area (Å²) in [6.07, 6.45) is 2.91. The lowest BCUT2D eigenvalue weighted by Crippen LogP contribution is -2.30. The minimum atomic E-state index is -0.290. The molecule has 4 rings (SSSR count). The van der Waals surface area contributed by atoms with Gasteiger partial charge in [-0.15, -0.1) is 0 Å². The Bertz CT molecular complexity index is 1140. The second-order valence-electron chi connectivity index (χ2n) is 8.74. The monoisotopic (exact) mass is 460 g/mol. The van der Waals surface area contributed by atoms with Gasteiger partial charge in [-0.1, -0.05) is 55.3 Å². The minimum Gasteiger partial charge on any atom is -0.494 e. The average Bonchev–Trinajstić information content (AvgIpc) is 3.21. The lowest BCUT2D eigenvalue weighted by Gasteiger charge is -2.20. The summed E-state index contributed by atoms with van der Waals surface area (Å²) in [4.78, 5) is 27.8. The second kappa shape index (κ2) is 11.0. The van der Waals surface area contributed by atoms with E-state index in [2.05, 4.69) is 23.4 Å². The first-order chi connectivity index (χ1) is 16.5. The maximum absolute atomic E-state index is 13.2. The van der Waals surface area contributed by atoms with E-state index in [1.807, 2.05) is 54.3 Å². The highest BCUT2D eigenvalue weighted by atomic mass is 16.5.